The Hall–Kier alpha value is -0.240. The van der Waals surface area contributed by atoms with Crippen molar-refractivity contribution in [2.45, 2.75) is 24.1 Å². The van der Waals surface area contributed by atoms with Crippen LogP contribution in [0.4, 0.5) is 0 Å². The maximum atomic E-state index is 9.24. The van der Waals surface area contributed by atoms with Crippen LogP contribution in [0, 0.1) is 0 Å². The fourth-order valence-electron chi connectivity index (χ4n) is 1.03. The third-order valence-corrected chi connectivity index (χ3v) is 1.91. The van der Waals surface area contributed by atoms with Crippen molar-refractivity contribution in [3.8, 4) is 0 Å². The molecular formula is C6H12O6. The van der Waals surface area contributed by atoms with Crippen LogP contribution in [0.25, 0.3) is 0 Å². The van der Waals surface area contributed by atoms with Gasteiger partial charge in [0.1, 0.15) is 18.3 Å². The molecule has 6 nitrogen and oxygen atoms in total. The molecule has 0 aliphatic carbocycles. The molecule has 0 amide bonds. The van der Waals surface area contributed by atoms with Crippen molar-refractivity contribution in [3.05, 3.63) is 0 Å². The summed E-state index contributed by atoms with van der Waals surface area (Å²) in [5.41, 5.74) is 0. The number of aliphatic hydroxyl groups is 5. The second kappa shape index (κ2) is 3.25. The van der Waals surface area contributed by atoms with Crippen molar-refractivity contribution in [2.75, 3.05) is 13.2 Å². The maximum absolute atomic E-state index is 9.24. The van der Waals surface area contributed by atoms with Crippen molar-refractivity contribution in [1.29, 1.82) is 0 Å². The summed E-state index contributed by atoms with van der Waals surface area (Å²) in [6.07, 6.45) is -4.45. The van der Waals surface area contributed by atoms with E-state index in [2.05, 4.69) is 4.74 Å². The van der Waals surface area contributed by atoms with Crippen LogP contribution in [0.3, 0.4) is 0 Å². The van der Waals surface area contributed by atoms with Crippen molar-refractivity contribution < 1.29 is 30.3 Å². The van der Waals surface area contributed by atoms with Gasteiger partial charge in [-0.15, -0.1) is 0 Å². The minimum absolute atomic E-state index is 0.324. The van der Waals surface area contributed by atoms with E-state index in [0.717, 1.165) is 0 Å². The molecule has 1 aliphatic rings. The van der Waals surface area contributed by atoms with Gasteiger partial charge in [0.25, 0.3) is 0 Å². The van der Waals surface area contributed by atoms with Crippen molar-refractivity contribution in [2.24, 2.45) is 0 Å². The van der Waals surface area contributed by atoms with Crippen LogP contribution in [-0.2, 0) is 4.74 Å². The summed E-state index contributed by atoms with van der Waals surface area (Å²) in [6, 6.07) is 0. The van der Waals surface area contributed by atoms with E-state index in [1.807, 2.05) is 0 Å². The zero-order valence-electron chi connectivity index (χ0n) is 6.29. The second-order valence-corrected chi connectivity index (χ2v) is 2.82. The van der Waals surface area contributed by atoms with Crippen molar-refractivity contribution in [3.63, 3.8) is 0 Å². The van der Waals surface area contributed by atoms with Gasteiger partial charge in [-0.25, -0.2) is 0 Å². The normalized spacial score (nSPS) is 49.2. The monoisotopic (exact) mass is 180 g/mol. The van der Waals surface area contributed by atoms with E-state index in [0.29, 0.717) is 0 Å². The average Bonchev–Trinajstić information content (AvgIpc) is 2.09. The Morgan fingerprint density at radius 3 is 2.42 bits per heavy atom. The van der Waals surface area contributed by atoms with Gasteiger partial charge in [0.05, 0.1) is 13.2 Å². The first-order valence-corrected chi connectivity index (χ1v) is 3.52. The SMILES string of the molecule is OC[C@@]1(O)OC[C@@H](O)[C@H](O)[C@H]1O. The lowest BCUT2D eigenvalue weighted by atomic mass is 9.98. The van der Waals surface area contributed by atoms with Crippen LogP contribution in [0.1, 0.15) is 0 Å². The van der Waals surface area contributed by atoms with Crippen molar-refractivity contribution in [1.82, 2.24) is 0 Å². The molecule has 5 N–H and O–H groups in total. The fourth-order valence-corrected chi connectivity index (χ4v) is 1.03. The summed E-state index contributed by atoms with van der Waals surface area (Å²) in [6.45, 7) is -1.16. The Bertz CT molecular complexity index is 162. The predicted octanol–water partition coefficient (Wildman–Crippen LogP) is -3.22. The third-order valence-electron chi connectivity index (χ3n) is 1.91. The summed E-state index contributed by atoms with van der Waals surface area (Å²) in [5, 5.41) is 45.0. The number of hydrogen-bond acceptors (Lipinski definition) is 6. The Balaban J connectivity index is 2.71. The molecule has 12 heavy (non-hydrogen) atoms. The van der Waals surface area contributed by atoms with Crippen LogP contribution in [-0.4, -0.2) is 62.8 Å². The highest BCUT2D eigenvalue weighted by Crippen LogP contribution is 2.22. The molecule has 6 heteroatoms. The Kier molecular flexibility index (Phi) is 2.67. The zero-order chi connectivity index (χ0) is 9.35. The molecule has 0 bridgehead atoms. The van der Waals surface area contributed by atoms with Crippen LogP contribution in [0.2, 0.25) is 0 Å². The average molecular weight is 180 g/mol. The van der Waals surface area contributed by atoms with E-state index in [4.69, 9.17) is 20.4 Å². The lowest BCUT2D eigenvalue weighted by Crippen LogP contribution is -2.62. The fraction of sp³-hybridized carbons (Fsp3) is 1.00. The molecule has 0 aromatic carbocycles. The van der Waals surface area contributed by atoms with E-state index < -0.39 is 30.7 Å². The van der Waals surface area contributed by atoms with Crippen molar-refractivity contribution >= 4 is 0 Å². The lowest BCUT2D eigenvalue weighted by Gasteiger charge is -2.40. The van der Waals surface area contributed by atoms with E-state index in [-0.39, 0.29) is 6.61 Å². The van der Waals surface area contributed by atoms with Gasteiger partial charge in [-0.2, -0.15) is 0 Å². The van der Waals surface area contributed by atoms with Gasteiger partial charge < -0.3 is 30.3 Å². The summed E-state index contributed by atoms with van der Waals surface area (Å²) in [5.74, 6) is -2.17. The van der Waals surface area contributed by atoms with Crippen LogP contribution in [0.15, 0.2) is 0 Å². The van der Waals surface area contributed by atoms with Crippen LogP contribution >= 0.6 is 0 Å². The first-order valence-electron chi connectivity index (χ1n) is 3.52. The number of hydrogen-bond donors (Lipinski definition) is 5. The van der Waals surface area contributed by atoms with Crippen LogP contribution in [0.5, 0.6) is 0 Å². The highest BCUT2D eigenvalue weighted by molar-refractivity contribution is 4.90. The minimum Gasteiger partial charge on any atom is -0.391 e. The Labute approximate surface area is 68.6 Å². The Morgan fingerprint density at radius 1 is 1.33 bits per heavy atom. The minimum atomic E-state index is -2.17. The van der Waals surface area contributed by atoms with Gasteiger partial charge in [0.15, 0.2) is 0 Å². The first kappa shape index (κ1) is 9.85. The topological polar surface area (TPSA) is 110 Å². The number of aliphatic hydroxyl groups excluding tert-OH is 4. The highest BCUT2D eigenvalue weighted by Gasteiger charge is 2.47. The van der Waals surface area contributed by atoms with Gasteiger partial charge in [0, 0.05) is 0 Å². The summed E-state index contributed by atoms with van der Waals surface area (Å²) < 4.78 is 4.56. The molecule has 0 radical (unpaired) electrons. The predicted molar refractivity (Wildman–Crippen MR) is 36.0 cm³/mol. The van der Waals surface area contributed by atoms with E-state index >= 15 is 0 Å². The molecule has 0 saturated carbocycles. The molecule has 1 rings (SSSR count). The summed E-state index contributed by atoms with van der Waals surface area (Å²) in [7, 11) is 0. The number of rotatable bonds is 1. The number of ether oxygens (including phenoxy) is 1. The molecule has 1 saturated heterocycles. The molecule has 4 atom stereocenters. The molecular weight excluding hydrogens is 168 g/mol. The molecule has 0 unspecified atom stereocenters. The van der Waals surface area contributed by atoms with E-state index in [1.54, 1.807) is 0 Å². The summed E-state index contributed by atoms with van der Waals surface area (Å²) >= 11 is 0. The first-order chi connectivity index (χ1) is 5.51. The van der Waals surface area contributed by atoms with Gasteiger partial charge in [-0.1, -0.05) is 0 Å². The molecule has 0 aromatic rings. The molecule has 1 aliphatic heterocycles. The third kappa shape index (κ3) is 1.45. The quantitative estimate of drug-likeness (QED) is 0.290. The molecule has 0 aromatic heterocycles. The second-order valence-electron chi connectivity index (χ2n) is 2.82. The van der Waals surface area contributed by atoms with Gasteiger partial charge >= 0.3 is 0 Å². The molecule has 1 heterocycles. The van der Waals surface area contributed by atoms with Gasteiger partial charge in [-0.3, -0.25) is 0 Å². The standard InChI is InChI=1S/C6H12O6/c7-2-6(11)5(10)4(9)3(8)1-12-6/h3-5,7-11H,1-2H2/t3-,4+,5-,6-/m1/s1. The largest absolute Gasteiger partial charge is 0.391 e. The van der Waals surface area contributed by atoms with Gasteiger partial charge in [-0.05, 0) is 0 Å². The van der Waals surface area contributed by atoms with E-state index in [9.17, 15) is 5.11 Å². The summed E-state index contributed by atoms with van der Waals surface area (Å²) in [4.78, 5) is 0. The van der Waals surface area contributed by atoms with E-state index in [1.165, 1.54) is 0 Å². The highest BCUT2D eigenvalue weighted by atomic mass is 16.7. The lowest BCUT2D eigenvalue weighted by molar-refractivity contribution is -0.331. The molecule has 1 fully saturated rings. The van der Waals surface area contributed by atoms with Gasteiger partial charge in [0.2, 0.25) is 5.79 Å². The maximum Gasteiger partial charge on any atom is 0.218 e. The zero-order valence-corrected chi connectivity index (χ0v) is 6.29. The molecule has 0 spiro atoms. The smallest absolute Gasteiger partial charge is 0.218 e. The molecule has 72 valence electrons. The Morgan fingerprint density at radius 2 is 1.92 bits per heavy atom. The van der Waals surface area contributed by atoms with Crippen LogP contribution < -0.4 is 0 Å².